The van der Waals surface area contributed by atoms with Crippen LogP contribution in [0.3, 0.4) is 0 Å². The molecule has 2 aromatic rings. The Labute approximate surface area is 235 Å². The van der Waals surface area contributed by atoms with Crippen molar-refractivity contribution in [3.05, 3.63) is 83.2 Å². The van der Waals surface area contributed by atoms with Crippen LogP contribution in [0, 0.1) is 23.4 Å². The lowest BCUT2D eigenvalue weighted by molar-refractivity contribution is -0.159. The van der Waals surface area contributed by atoms with Gasteiger partial charge < -0.3 is 19.3 Å². The van der Waals surface area contributed by atoms with E-state index in [0.717, 1.165) is 56.9 Å². The fraction of sp³-hybridized carbons (Fsp3) is 0.515. The van der Waals surface area contributed by atoms with Gasteiger partial charge in [0.2, 0.25) is 0 Å². The summed E-state index contributed by atoms with van der Waals surface area (Å²) < 4.78 is 61.5. The number of rotatable bonds is 12. The van der Waals surface area contributed by atoms with E-state index in [0.29, 0.717) is 25.4 Å². The van der Waals surface area contributed by atoms with E-state index in [2.05, 4.69) is 13.5 Å². The molecule has 1 N–H and O–H groups in total. The van der Waals surface area contributed by atoms with Crippen molar-refractivity contribution in [2.24, 2.45) is 5.92 Å². The first-order valence-electron chi connectivity index (χ1n) is 14.5. The van der Waals surface area contributed by atoms with Crippen LogP contribution in [0.5, 0.6) is 5.75 Å². The van der Waals surface area contributed by atoms with Gasteiger partial charge in [-0.3, -0.25) is 0 Å². The third-order valence-electron chi connectivity index (χ3n) is 8.08. The van der Waals surface area contributed by atoms with Gasteiger partial charge >= 0.3 is 0 Å². The minimum absolute atomic E-state index is 0.0396. The van der Waals surface area contributed by atoms with E-state index in [1.807, 2.05) is 0 Å². The van der Waals surface area contributed by atoms with Gasteiger partial charge in [0.15, 0.2) is 29.5 Å². The number of unbranched alkanes of at least 4 members (excludes halogenated alkanes) is 1. The average Bonchev–Trinajstić information content (AvgIpc) is 2.97. The fourth-order valence-electron chi connectivity index (χ4n) is 5.67. The average molecular weight is 559 g/mol. The van der Waals surface area contributed by atoms with E-state index in [1.165, 1.54) is 12.1 Å². The Kier molecular flexibility index (Phi) is 11.3. The molecule has 1 unspecified atom stereocenters. The minimum atomic E-state index is -0.877. The zero-order chi connectivity index (χ0) is 28.5. The van der Waals surface area contributed by atoms with Crippen LogP contribution >= 0.6 is 0 Å². The molecule has 40 heavy (non-hydrogen) atoms. The highest BCUT2D eigenvalue weighted by molar-refractivity contribution is 5.52. The Hall–Kier alpha value is -2.61. The molecule has 0 radical (unpaired) electrons. The Morgan fingerprint density at radius 1 is 1.02 bits per heavy atom. The van der Waals surface area contributed by atoms with Crippen molar-refractivity contribution < 1.29 is 32.5 Å². The van der Waals surface area contributed by atoms with Gasteiger partial charge in [0.05, 0.1) is 25.9 Å². The number of benzene rings is 2. The van der Waals surface area contributed by atoms with Gasteiger partial charge in [-0.25, -0.2) is 13.2 Å². The van der Waals surface area contributed by atoms with Crippen LogP contribution in [0.1, 0.15) is 86.8 Å². The molecule has 2 aliphatic rings. The molecule has 2 aromatic carbocycles. The first kappa shape index (κ1) is 30.4. The summed E-state index contributed by atoms with van der Waals surface area (Å²) in [7, 11) is 0. The van der Waals surface area contributed by atoms with Crippen molar-refractivity contribution in [3.63, 3.8) is 0 Å². The van der Waals surface area contributed by atoms with Gasteiger partial charge in [-0.1, -0.05) is 43.7 Å². The van der Waals surface area contributed by atoms with Crippen LogP contribution in [0.2, 0.25) is 0 Å². The largest absolute Gasteiger partial charge is 0.491 e. The topological polar surface area (TPSA) is 47.9 Å². The third-order valence-corrected chi connectivity index (χ3v) is 8.08. The van der Waals surface area contributed by atoms with E-state index >= 15 is 4.39 Å². The predicted molar refractivity (Wildman–Crippen MR) is 151 cm³/mol. The molecule has 0 aromatic heterocycles. The predicted octanol–water partition coefficient (Wildman–Crippen LogP) is 8.05. The maximum atomic E-state index is 15.0. The van der Waals surface area contributed by atoms with E-state index in [1.54, 1.807) is 36.4 Å². The molecule has 1 aliphatic carbocycles. The summed E-state index contributed by atoms with van der Waals surface area (Å²) in [5, 5.41) is 10.3. The Morgan fingerprint density at radius 3 is 2.45 bits per heavy atom. The van der Waals surface area contributed by atoms with Gasteiger partial charge in [-0.15, -0.1) is 6.58 Å². The van der Waals surface area contributed by atoms with E-state index in [4.69, 9.17) is 14.2 Å². The van der Waals surface area contributed by atoms with E-state index in [-0.39, 0.29) is 35.2 Å². The van der Waals surface area contributed by atoms with Crippen molar-refractivity contribution in [3.8, 4) is 5.75 Å². The molecule has 0 amide bonds. The number of allylic oxidation sites excluding steroid dienone is 1. The Bertz CT molecular complexity index is 1130. The first-order chi connectivity index (χ1) is 19.4. The van der Waals surface area contributed by atoms with Crippen molar-refractivity contribution in [2.75, 3.05) is 19.8 Å². The zero-order valence-electron chi connectivity index (χ0n) is 23.3. The number of hydrogen-bond acceptors (Lipinski definition) is 4. The van der Waals surface area contributed by atoms with Crippen molar-refractivity contribution in [1.29, 1.82) is 0 Å². The number of halogens is 3. The number of aliphatic hydroxyl groups excluding tert-OH is 1. The molecule has 1 heterocycles. The van der Waals surface area contributed by atoms with Gasteiger partial charge in [0.25, 0.3) is 0 Å². The van der Waals surface area contributed by atoms with Crippen LogP contribution in [-0.2, 0) is 9.47 Å². The summed E-state index contributed by atoms with van der Waals surface area (Å²) in [6, 6.07) is 8.13. The lowest BCUT2D eigenvalue weighted by Crippen LogP contribution is -2.29. The van der Waals surface area contributed by atoms with Gasteiger partial charge in [-0.2, -0.15) is 0 Å². The Morgan fingerprint density at radius 2 is 1.77 bits per heavy atom. The molecule has 7 heteroatoms. The molecule has 1 saturated carbocycles. The highest BCUT2D eigenvalue weighted by atomic mass is 19.2. The molecule has 0 bridgehead atoms. The summed E-state index contributed by atoms with van der Waals surface area (Å²) in [6.07, 6.45) is 10.3. The van der Waals surface area contributed by atoms with Crippen LogP contribution in [-0.4, -0.2) is 37.3 Å². The molecule has 1 aliphatic heterocycles. The standard InChI is InChI=1S/C33H41F3O4/c1-3-5-6-18-38-30-16-13-25(19-28(30)34)26-20-39-31(40-21-26)17-14-24-12-15-27(33(36)32(24)35)22-8-10-23(11-9-22)29(37)7-4-2/h3,12-17,19,22-23,26,29,31,37H,1,4-11,18,20-21H2,2H3/b17-14+. The molecule has 0 spiro atoms. The van der Waals surface area contributed by atoms with Gasteiger partial charge in [0.1, 0.15) is 0 Å². The molecule has 218 valence electrons. The highest BCUT2D eigenvalue weighted by Crippen LogP contribution is 2.39. The van der Waals surface area contributed by atoms with Gasteiger partial charge in [0, 0.05) is 11.5 Å². The zero-order valence-corrected chi connectivity index (χ0v) is 23.3. The second kappa shape index (κ2) is 14.9. The minimum Gasteiger partial charge on any atom is -0.491 e. The molecule has 1 atom stereocenters. The van der Waals surface area contributed by atoms with Crippen LogP contribution < -0.4 is 4.74 Å². The molecule has 4 rings (SSSR count). The Balaban J connectivity index is 1.29. The molecule has 1 saturated heterocycles. The maximum Gasteiger partial charge on any atom is 0.177 e. The second-order valence-electron chi connectivity index (χ2n) is 10.9. The SMILES string of the molecule is C=CCCCOc1ccc(C2COC(/C=C/c3ccc(C4CCC(C(O)CCC)CC4)c(F)c3F)OC2)cc1F. The quantitative estimate of drug-likeness (QED) is 0.212. The summed E-state index contributed by atoms with van der Waals surface area (Å²) >= 11 is 0. The highest BCUT2D eigenvalue weighted by Gasteiger charge is 2.29. The summed E-state index contributed by atoms with van der Waals surface area (Å²) in [4.78, 5) is 0. The molecule has 2 fully saturated rings. The molecular formula is C33H41F3O4. The first-order valence-corrected chi connectivity index (χ1v) is 14.5. The molecular weight excluding hydrogens is 517 g/mol. The van der Waals surface area contributed by atoms with Crippen molar-refractivity contribution >= 4 is 6.08 Å². The van der Waals surface area contributed by atoms with Crippen molar-refractivity contribution in [1.82, 2.24) is 0 Å². The lowest BCUT2D eigenvalue weighted by Gasteiger charge is -2.32. The van der Waals surface area contributed by atoms with E-state index in [9.17, 15) is 13.9 Å². The second-order valence-corrected chi connectivity index (χ2v) is 10.9. The number of aliphatic hydroxyl groups is 1. The lowest BCUT2D eigenvalue weighted by atomic mass is 9.76. The van der Waals surface area contributed by atoms with Crippen LogP contribution in [0.25, 0.3) is 6.08 Å². The number of hydrogen-bond donors (Lipinski definition) is 1. The monoisotopic (exact) mass is 558 g/mol. The normalized spacial score (nSPS) is 24.2. The van der Waals surface area contributed by atoms with Crippen LogP contribution in [0.15, 0.2) is 49.1 Å². The van der Waals surface area contributed by atoms with Crippen LogP contribution in [0.4, 0.5) is 13.2 Å². The number of ether oxygens (including phenoxy) is 3. The summed E-state index contributed by atoms with van der Waals surface area (Å²) in [5.41, 5.74) is 1.29. The summed E-state index contributed by atoms with van der Waals surface area (Å²) in [6.45, 7) is 6.74. The van der Waals surface area contributed by atoms with E-state index < -0.39 is 23.7 Å². The fourth-order valence-corrected chi connectivity index (χ4v) is 5.67. The maximum absolute atomic E-state index is 15.0. The summed E-state index contributed by atoms with van der Waals surface area (Å²) in [5.74, 6) is -1.85. The molecule has 4 nitrogen and oxygen atoms in total. The van der Waals surface area contributed by atoms with Gasteiger partial charge in [-0.05, 0) is 86.1 Å². The van der Waals surface area contributed by atoms with Crippen molar-refractivity contribution in [2.45, 2.75) is 82.5 Å². The third kappa shape index (κ3) is 7.77. The smallest absolute Gasteiger partial charge is 0.177 e.